The number of aryl methyl sites for hydroxylation is 1. The molecule has 1 heterocycles. The first kappa shape index (κ1) is 21.0. The first-order chi connectivity index (χ1) is 11.3. The third kappa shape index (κ3) is 6.09. The summed E-state index contributed by atoms with van der Waals surface area (Å²) in [5.74, 6) is 0. The molecule has 0 saturated heterocycles. The van der Waals surface area contributed by atoms with Gasteiger partial charge in [0, 0.05) is 24.1 Å². The summed E-state index contributed by atoms with van der Waals surface area (Å²) in [6.45, 7) is 5.41. The van der Waals surface area contributed by atoms with Crippen molar-refractivity contribution in [1.29, 1.82) is 0 Å². The van der Waals surface area contributed by atoms with E-state index in [0.29, 0.717) is 5.69 Å². The van der Waals surface area contributed by atoms with Gasteiger partial charge in [-0.2, -0.15) is 0 Å². The number of aromatic nitrogens is 1. The second-order valence-electron chi connectivity index (χ2n) is 5.60. The van der Waals surface area contributed by atoms with Gasteiger partial charge in [-0.15, -0.1) is 0 Å². The van der Waals surface area contributed by atoms with E-state index in [1.54, 1.807) is 13.8 Å². The zero-order valence-electron chi connectivity index (χ0n) is 13.7. The second kappa shape index (κ2) is 8.90. The van der Waals surface area contributed by atoms with Gasteiger partial charge in [-0.3, -0.25) is 4.98 Å². The average Bonchev–Trinajstić information content (AvgIpc) is 2.46. The Bertz CT molecular complexity index is 841. The normalized spacial score (nSPS) is 10.7. The SMILES string of the molecule is Cc1cccc(Nc2ccncc2S(=O)(=O)NC(=O)NC(C)C)c1.[LiH]. The van der Waals surface area contributed by atoms with E-state index in [1.807, 2.05) is 35.9 Å². The van der Waals surface area contributed by atoms with Gasteiger partial charge in [0.25, 0.3) is 10.0 Å². The fourth-order valence-corrected chi connectivity index (χ4v) is 3.07. The zero-order chi connectivity index (χ0) is 17.7. The number of urea groups is 1. The van der Waals surface area contributed by atoms with Gasteiger partial charge in [0.05, 0.1) is 5.69 Å². The molecule has 2 amide bonds. The molecule has 1 aromatic carbocycles. The number of carbonyl (C=O) groups excluding carboxylic acids is 1. The summed E-state index contributed by atoms with van der Waals surface area (Å²) in [6, 6.07) is 8.08. The van der Waals surface area contributed by atoms with Crippen molar-refractivity contribution in [3.8, 4) is 0 Å². The molecule has 0 unspecified atom stereocenters. The van der Waals surface area contributed by atoms with Crippen LogP contribution in [0.3, 0.4) is 0 Å². The Hall–Kier alpha value is -2.01. The summed E-state index contributed by atoms with van der Waals surface area (Å²) in [6.07, 6.45) is 2.68. The number of nitrogens with one attached hydrogen (secondary N) is 3. The summed E-state index contributed by atoms with van der Waals surface area (Å²) >= 11 is 0. The molecule has 3 N–H and O–H groups in total. The Balaban J connectivity index is 0.00000312. The molecule has 0 spiro atoms. The van der Waals surface area contributed by atoms with Gasteiger partial charge in [-0.05, 0) is 44.5 Å². The number of rotatable bonds is 5. The number of hydrogen-bond acceptors (Lipinski definition) is 5. The van der Waals surface area contributed by atoms with Crippen LogP contribution in [-0.4, -0.2) is 44.3 Å². The molecule has 9 heteroatoms. The van der Waals surface area contributed by atoms with Gasteiger partial charge >= 0.3 is 24.9 Å². The number of anilines is 2. The van der Waals surface area contributed by atoms with Crippen LogP contribution in [0.2, 0.25) is 0 Å². The summed E-state index contributed by atoms with van der Waals surface area (Å²) in [4.78, 5) is 15.5. The quantitative estimate of drug-likeness (QED) is 0.710. The molecular weight excluding hydrogens is 335 g/mol. The van der Waals surface area contributed by atoms with Crippen molar-refractivity contribution in [2.45, 2.75) is 31.7 Å². The van der Waals surface area contributed by atoms with E-state index in [0.717, 1.165) is 11.3 Å². The summed E-state index contributed by atoms with van der Waals surface area (Å²) in [5.41, 5.74) is 2.11. The van der Waals surface area contributed by atoms with Gasteiger partial charge in [-0.25, -0.2) is 17.9 Å². The van der Waals surface area contributed by atoms with Crippen LogP contribution in [0.15, 0.2) is 47.6 Å². The minimum atomic E-state index is -4.05. The topological polar surface area (TPSA) is 100 Å². The molecule has 0 aliphatic rings. The van der Waals surface area contributed by atoms with E-state index in [-0.39, 0.29) is 29.8 Å². The Labute approximate surface area is 159 Å². The molecule has 2 rings (SSSR count). The van der Waals surface area contributed by atoms with E-state index in [9.17, 15) is 13.2 Å². The zero-order valence-corrected chi connectivity index (χ0v) is 14.5. The third-order valence-corrected chi connectivity index (χ3v) is 4.38. The number of benzene rings is 1. The first-order valence-corrected chi connectivity index (χ1v) is 8.87. The summed E-state index contributed by atoms with van der Waals surface area (Å²) in [7, 11) is -4.05. The Morgan fingerprint density at radius 1 is 1.20 bits per heavy atom. The van der Waals surface area contributed by atoms with E-state index < -0.39 is 16.1 Å². The van der Waals surface area contributed by atoms with Gasteiger partial charge in [0.15, 0.2) is 0 Å². The van der Waals surface area contributed by atoms with Crippen LogP contribution >= 0.6 is 0 Å². The molecule has 0 fully saturated rings. The monoisotopic (exact) mass is 356 g/mol. The second-order valence-corrected chi connectivity index (χ2v) is 7.25. The molecule has 25 heavy (non-hydrogen) atoms. The number of amides is 2. The summed E-state index contributed by atoms with van der Waals surface area (Å²) in [5, 5.41) is 5.52. The van der Waals surface area contributed by atoms with E-state index >= 15 is 0 Å². The van der Waals surface area contributed by atoms with Crippen molar-refractivity contribution in [2.24, 2.45) is 0 Å². The molecule has 0 aliphatic carbocycles. The van der Waals surface area contributed by atoms with Crippen LogP contribution in [0, 0.1) is 6.92 Å². The Kier molecular flexibility index (Phi) is 7.49. The van der Waals surface area contributed by atoms with Crippen LogP contribution in [0.4, 0.5) is 16.2 Å². The van der Waals surface area contributed by atoms with Crippen molar-refractivity contribution in [1.82, 2.24) is 15.0 Å². The molecule has 0 radical (unpaired) electrons. The van der Waals surface area contributed by atoms with Crippen molar-refractivity contribution >= 4 is 46.3 Å². The summed E-state index contributed by atoms with van der Waals surface area (Å²) < 4.78 is 26.9. The maximum atomic E-state index is 12.5. The number of hydrogen-bond donors (Lipinski definition) is 3. The van der Waals surface area contributed by atoms with Gasteiger partial charge in [0.1, 0.15) is 4.90 Å². The van der Waals surface area contributed by atoms with E-state index in [2.05, 4.69) is 15.6 Å². The Morgan fingerprint density at radius 2 is 1.92 bits per heavy atom. The van der Waals surface area contributed by atoms with Crippen LogP contribution in [-0.2, 0) is 10.0 Å². The van der Waals surface area contributed by atoms with Crippen molar-refractivity contribution in [3.05, 3.63) is 48.3 Å². The van der Waals surface area contributed by atoms with Gasteiger partial charge < -0.3 is 10.6 Å². The molecule has 7 nitrogen and oxygen atoms in total. The van der Waals surface area contributed by atoms with Crippen molar-refractivity contribution in [2.75, 3.05) is 5.32 Å². The molecule has 0 atom stereocenters. The maximum absolute atomic E-state index is 12.5. The van der Waals surface area contributed by atoms with Gasteiger partial charge in [0.2, 0.25) is 0 Å². The van der Waals surface area contributed by atoms with Gasteiger partial charge in [-0.1, -0.05) is 12.1 Å². The van der Waals surface area contributed by atoms with Crippen molar-refractivity contribution < 1.29 is 13.2 Å². The fourth-order valence-electron chi connectivity index (χ4n) is 2.04. The standard InChI is InChI=1S/C16H20N4O3S.Li.H/c1-11(2)18-16(21)20-24(22,23)15-10-17-8-7-14(15)19-13-6-4-5-12(3)9-13;;/h4-11H,1-3H3,(H,17,19)(H2,18,20,21);;. The van der Waals surface area contributed by atoms with Crippen molar-refractivity contribution in [3.63, 3.8) is 0 Å². The number of pyridine rings is 1. The predicted molar refractivity (Wildman–Crippen MR) is 99.8 cm³/mol. The average molecular weight is 356 g/mol. The molecule has 0 bridgehead atoms. The number of sulfonamides is 1. The molecule has 0 aliphatic heterocycles. The fraction of sp³-hybridized carbons (Fsp3) is 0.250. The molecule has 130 valence electrons. The van der Waals surface area contributed by atoms with E-state index in [1.165, 1.54) is 18.5 Å². The molecular formula is C16H21LiN4O3S. The molecule has 1 aromatic heterocycles. The predicted octanol–water partition coefficient (Wildman–Crippen LogP) is 1.88. The van der Waals surface area contributed by atoms with Crippen LogP contribution in [0.5, 0.6) is 0 Å². The number of nitrogens with zero attached hydrogens (tertiary/aromatic N) is 1. The first-order valence-electron chi connectivity index (χ1n) is 7.39. The van der Waals surface area contributed by atoms with Crippen LogP contribution in [0.1, 0.15) is 19.4 Å². The Morgan fingerprint density at radius 3 is 2.56 bits per heavy atom. The van der Waals surface area contributed by atoms with E-state index in [4.69, 9.17) is 0 Å². The third-order valence-electron chi connectivity index (χ3n) is 3.02. The minimum absolute atomic E-state index is 0. The molecule has 0 saturated carbocycles. The van der Waals surface area contributed by atoms with Crippen LogP contribution < -0.4 is 15.4 Å². The van der Waals surface area contributed by atoms with Crippen LogP contribution in [0.25, 0.3) is 0 Å². The molecule has 2 aromatic rings. The number of carbonyl (C=O) groups is 1.